The molecule has 2 fully saturated rings. The fourth-order valence-electron chi connectivity index (χ4n) is 3.40. The van der Waals surface area contributed by atoms with E-state index in [1.807, 2.05) is 18.5 Å². The lowest BCUT2D eigenvalue weighted by Gasteiger charge is -2.45. The largest absolute Gasteiger partial charge is 0.338 e. The molecule has 116 valence electrons. The fraction of sp³-hybridized carbons (Fsp3) is 0.733. The van der Waals surface area contributed by atoms with Crippen molar-refractivity contribution < 1.29 is 0 Å². The number of aromatic nitrogens is 2. The van der Waals surface area contributed by atoms with E-state index in [1.165, 1.54) is 0 Å². The van der Waals surface area contributed by atoms with Gasteiger partial charge in [-0.1, -0.05) is 6.92 Å². The second-order valence-electron chi connectivity index (χ2n) is 5.98. The van der Waals surface area contributed by atoms with Gasteiger partial charge in [0.2, 0.25) is 5.95 Å². The minimum atomic E-state index is 0.312. The third-order valence-electron chi connectivity index (χ3n) is 4.78. The van der Waals surface area contributed by atoms with Crippen molar-refractivity contribution >= 4 is 5.95 Å². The Morgan fingerprint density at radius 2 is 1.86 bits per heavy atom. The number of nitrogens with zero attached hydrogens (tertiary/aromatic N) is 5. The molecule has 6 nitrogen and oxygen atoms in total. The van der Waals surface area contributed by atoms with E-state index in [0.717, 1.165) is 58.2 Å². The molecule has 0 bridgehead atoms. The van der Waals surface area contributed by atoms with E-state index in [-0.39, 0.29) is 0 Å². The molecule has 2 N–H and O–H groups in total. The van der Waals surface area contributed by atoms with Crippen molar-refractivity contribution in [1.29, 1.82) is 0 Å². The molecule has 1 aromatic rings. The van der Waals surface area contributed by atoms with Crippen LogP contribution < -0.4 is 10.6 Å². The summed E-state index contributed by atoms with van der Waals surface area (Å²) in [5.74, 6) is 0.847. The first-order valence-electron chi connectivity index (χ1n) is 8.02. The van der Waals surface area contributed by atoms with Crippen LogP contribution in [0.3, 0.4) is 0 Å². The molecule has 0 aliphatic carbocycles. The van der Waals surface area contributed by atoms with E-state index >= 15 is 0 Å². The summed E-state index contributed by atoms with van der Waals surface area (Å²) in [5, 5.41) is 0. The number of hydrogen-bond donors (Lipinski definition) is 1. The second kappa shape index (κ2) is 6.68. The molecule has 0 spiro atoms. The van der Waals surface area contributed by atoms with Crippen molar-refractivity contribution in [1.82, 2.24) is 19.8 Å². The number of hydrogen-bond acceptors (Lipinski definition) is 6. The molecule has 0 amide bonds. The second-order valence-corrected chi connectivity index (χ2v) is 5.98. The van der Waals surface area contributed by atoms with Crippen LogP contribution >= 0.6 is 0 Å². The summed E-state index contributed by atoms with van der Waals surface area (Å²) in [6.45, 7) is 9.69. The molecule has 0 aromatic carbocycles. The standard InChI is InChI=1S/C15H26N6/c1-2-19-7-4-13(16)14(12-19)20-8-10-21(11-9-20)15-17-5-3-6-18-15/h3,5-6,13-14H,2,4,7-12,16H2,1H3. The summed E-state index contributed by atoms with van der Waals surface area (Å²) >= 11 is 0. The Morgan fingerprint density at radius 3 is 2.52 bits per heavy atom. The van der Waals surface area contributed by atoms with Gasteiger partial charge in [-0.25, -0.2) is 9.97 Å². The first-order valence-corrected chi connectivity index (χ1v) is 8.02. The minimum absolute atomic E-state index is 0.312. The molecule has 2 unspecified atom stereocenters. The minimum Gasteiger partial charge on any atom is -0.338 e. The van der Waals surface area contributed by atoms with Crippen LogP contribution in [0.25, 0.3) is 0 Å². The number of likely N-dealkylation sites (tertiary alicyclic amines) is 1. The van der Waals surface area contributed by atoms with Gasteiger partial charge in [0.15, 0.2) is 0 Å². The van der Waals surface area contributed by atoms with Gasteiger partial charge in [0.25, 0.3) is 0 Å². The van der Waals surface area contributed by atoms with Gasteiger partial charge < -0.3 is 15.5 Å². The van der Waals surface area contributed by atoms with Crippen molar-refractivity contribution in [2.24, 2.45) is 5.73 Å². The SMILES string of the molecule is CCN1CCC(N)C(N2CCN(c3ncccn3)CC2)C1. The average Bonchev–Trinajstić information content (AvgIpc) is 2.56. The number of piperazine rings is 1. The highest BCUT2D eigenvalue weighted by Crippen LogP contribution is 2.18. The van der Waals surface area contributed by atoms with Crippen LogP contribution in [-0.2, 0) is 0 Å². The van der Waals surface area contributed by atoms with E-state index in [2.05, 4.69) is 31.6 Å². The zero-order chi connectivity index (χ0) is 14.7. The van der Waals surface area contributed by atoms with E-state index < -0.39 is 0 Å². The van der Waals surface area contributed by atoms with Crippen molar-refractivity contribution in [3.63, 3.8) is 0 Å². The van der Waals surface area contributed by atoms with Crippen molar-refractivity contribution in [2.45, 2.75) is 25.4 Å². The van der Waals surface area contributed by atoms with E-state index in [0.29, 0.717) is 12.1 Å². The van der Waals surface area contributed by atoms with Crippen molar-refractivity contribution in [2.75, 3.05) is 50.7 Å². The van der Waals surface area contributed by atoms with Gasteiger partial charge in [0.1, 0.15) is 0 Å². The topological polar surface area (TPSA) is 61.5 Å². The maximum absolute atomic E-state index is 6.37. The highest BCUT2D eigenvalue weighted by Gasteiger charge is 2.32. The average molecular weight is 290 g/mol. The maximum Gasteiger partial charge on any atom is 0.225 e. The van der Waals surface area contributed by atoms with Gasteiger partial charge in [0, 0.05) is 57.2 Å². The highest BCUT2D eigenvalue weighted by atomic mass is 15.3. The summed E-state index contributed by atoms with van der Waals surface area (Å²) in [4.78, 5) is 16.0. The predicted octanol–water partition coefficient (Wildman–Crippen LogP) is 0.0201. The molecule has 1 aromatic heterocycles. The Bertz CT molecular complexity index is 431. The molecule has 6 heteroatoms. The van der Waals surface area contributed by atoms with Gasteiger partial charge in [-0.15, -0.1) is 0 Å². The summed E-state index contributed by atoms with van der Waals surface area (Å²) < 4.78 is 0. The van der Waals surface area contributed by atoms with Crippen LogP contribution in [0, 0.1) is 0 Å². The number of nitrogens with two attached hydrogens (primary N) is 1. The summed E-state index contributed by atoms with van der Waals surface area (Å²) in [6, 6.07) is 2.67. The number of rotatable bonds is 3. The Labute approximate surface area is 126 Å². The maximum atomic E-state index is 6.37. The lowest BCUT2D eigenvalue weighted by molar-refractivity contribution is 0.0798. The van der Waals surface area contributed by atoms with E-state index in [4.69, 9.17) is 5.73 Å². The lowest BCUT2D eigenvalue weighted by Crippen LogP contribution is -2.62. The number of likely N-dealkylation sites (N-methyl/N-ethyl adjacent to an activating group) is 1. The zero-order valence-electron chi connectivity index (χ0n) is 12.9. The molecule has 3 heterocycles. The third-order valence-corrected chi connectivity index (χ3v) is 4.78. The van der Waals surface area contributed by atoms with Crippen LogP contribution in [0.1, 0.15) is 13.3 Å². The monoisotopic (exact) mass is 290 g/mol. The fourth-order valence-corrected chi connectivity index (χ4v) is 3.40. The smallest absolute Gasteiger partial charge is 0.225 e. The van der Waals surface area contributed by atoms with Crippen LogP contribution in [0.2, 0.25) is 0 Å². The van der Waals surface area contributed by atoms with Gasteiger partial charge in [-0.2, -0.15) is 0 Å². The molecular formula is C15H26N6. The van der Waals surface area contributed by atoms with Gasteiger partial charge in [-0.3, -0.25) is 4.90 Å². The summed E-state index contributed by atoms with van der Waals surface area (Å²) in [7, 11) is 0. The zero-order valence-corrected chi connectivity index (χ0v) is 12.9. The number of piperidine rings is 1. The molecule has 2 aliphatic heterocycles. The number of anilines is 1. The van der Waals surface area contributed by atoms with E-state index in [1.54, 1.807) is 0 Å². The Hall–Kier alpha value is -1.24. The Morgan fingerprint density at radius 1 is 1.14 bits per heavy atom. The van der Waals surface area contributed by atoms with Crippen LogP contribution in [0.15, 0.2) is 18.5 Å². The Kier molecular flexibility index (Phi) is 4.67. The van der Waals surface area contributed by atoms with Crippen LogP contribution in [-0.4, -0.2) is 77.7 Å². The first-order chi connectivity index (χ1) is 10.3. The van der Waals surface area contributed by atoms with E-state index in [9.17, 15) is 0 Å². The molecular weight excluding hydrogens is 264 g/mol. The molecule has 2 aliphatic rings. The Balaban J connectivity index is 1.57. The van der Waals surface area contributed by atoms with Crippen molar-refractivity contribution in [3.05, 3.63) is 18.5 Å². The first kappa shape index (κ1) is 14.7. The summed E-state index contributed by atoms with van der Waals surface area (Å²) in [5.41, 5.74) is 6.37. The van der Waals surface area contributed by atoms with Gasteiger partial charge >= 0.3 is 0 Å². The molecule has 2 saturated heterocycles. The van der Waals surface area contributed by atoms with Crippen molar-refractivity contribution in [3.8, 4) is 0 Å². The molecule has 21 heavy (non-hydrogen) atoms. The molecule has 2 atom stereocenters. The third kappa shape index (κ3) is 3.33. The quantitative estimate of drug-likeness (QED) is 0.847. The van der Waals surface area contributed by atoms with Crippen LogP contribution in [0.5, 0.6) is 0 Å². The van der Waals surface area contributed by atoms with Crippen LogP contribution in [0.4, 0.5) is 5.95 Å². The highest BCUT2D eigenvalue weighted by molar-refractivity contribution is 5.29. The van der Waals surface area contributed by atoms with Gasteiger partial charge in [0.05, 0.1) is 0 Å². The molecule has 0 saturated carbocycles. The molecule has 3 rings (SSSR count). The molecule has 0 radical (unpaired) electrons. The summed E-state index contributed by atoms with van der Waals surface area (Å²) in [6.07, 6.45) is 4.73. The lowest BCUT2D eigenvalue weighted by atomic mass is 9.98. The predicted molar refractivity (Wildman–Crippen MR) is 84.3 cm³/mol. The van der Waals surface area contributed by atoms with Gasteiger partial charge in [-0.05, 0) is 25.6 Å². The normalized spacial score (nSPS) is 28.8.